The molecule has 0 radical (unpaired) electrons. The van der Waals surface area contributed by atoms with Crippen LogP contribution in [0.1, 0.15) is 12.5 Å². The van der Waals surface area contributed by atoms with Crippen LogP contribution in [0.4, 0.5) is 4.39 Å². The molecular formula is C9H11FN2O. The van der Waals surface area contributed by atoms with Gasteiger partial charge in [0.15, 0.2) is 0 Å². The molecule has 0 unspecified atom stereocenters. The average molecular weight is 182 g/mol. The van der Waals surface area contributed by atoms with E-state index in [0.717, 1.165) is 0 Å². The van der Waals surface area contributed by atoms with E-state index in [2.05, 4.69) is 0 Å². The normalized spacial score (nSPS) is 9.69. The fourth-order valence-corrected chi connectivity index (χ4v) is 1.04. The third-order valence-corrected chi connectivity index (χ3v) is 1.54. The van der Waals surface area contributed by atoms with Crippen LogP contribution >= 0.6 is 0 Å². The number of amidine groups is 1. The molecule has 3 N–H and O–H groups in total. The molecule has 0 aromatic heterocycles. The average Bonchev–Trinajstić information content (AvgIpc) is 2.04. The lowest BCUT2D eigenvalue weighted by molar-refractivity contribution is 0.337. The van der Waals surface area contributed by atoms with E-state index in [-0.39, 0.29) is 11.4 Å². The SMILES string of the molecule is CCOc1cccc(F)c1C(=N)N. The second-order valence-corrected chi connectivity index (χ2v) is 2.46. The first-order valence-corrected chi connectivity index (χ1v) is 3.92. The third kappa shape index (κ3) is 1.96. The summed E-state index contributed by atoms with van der Waals surface area (Å²) < 4.78 is 18.2. The van der Waals surface area contributed by atoms with Crippen molar-refractivity contribution in [1.82, 2.24) is 0 Å². The molecule has 0 saturated heterocycles. The molecule has 0 aliphatic carbocycles. The Morgan fingerprint density at radius 1 is 1.62 bits per heavy atom. The number of nitrogens with two attached hydrogens (primary N) is 1. The lowest BCUT2D eigenvalue weighted by Gasteiger charge is -2.08. The fraction of sp³-hybridized carbons (Fsp3) is 0.222. The van der Waals surface area contributed by atoms with E-state index in [1.807, 2.05) is 0 Å². The van der Waals surface area contributed by atoms with E-state index in [1.54, 1.807) is 13.0 Å². The summed E-state index contributed by atoms with van der Waals surface area (Å²) in [5.74, 6) is -0.532. The van der Waals surface area contributed by atoms with Crippen molar-refractivity contribution in [3.63, 3.8) is 0 Å². The van der Waals surface area contributed by atoms with Crippen LogP contribution in [0.3, 0.4) is 0 Å². The fourth-order valence-electron chi connectivity index (χ4n) is 1.04. The van der Waals surface area contributed by atoms with Gasteiger partial charge in [0.05, 0.1) is 12.2 Å². The van der Waals surface area contributed by atoms with Gasteiger partial charge in [-0.3, -0.25) is 5.41 Å². The lowest BCUT2D eigenvalue weighted by Crippen LogP contribution is -2.15. The highest BCUT2D eigenvalue weighted by molar-refractivity contribution is 5.97. The van der Waals surface area contributed by atoms with Crippen LogP contribution in [0.15, 0.2) is 18.2 Å². The van der Waals surface area contributed by atoms with Crippen molar-refractivity contribution < 1.29 is 9.13 Å². The summed E-state index contributed by atoms with van der Waals surface area (Å²) in [6.07, 6.45) is 0. The van der Waals surface area contributed by atoms with Crippen LogP contribution in [0.2, 0.25) is 0 Å². The monoisotopic (exact) mass is 182 g/mol. The van der Waals surface area contributed by atoms with E-state index in [9.17, 15) is 4.39 Å². The predicted octanol–water partition coefficient (Wildman–Crippen LogP) is 1.51. The first-order chi connectivity index (χ1) is 6.16. The van der Waals surface area contributed by atoms with Crippen LogP contribution in [0.5, 0.6) is 5.75 Å². The summed E-state index contributed by atoms with van der Waals surface area (Å²) >= 11 is 0. The Morgan fingerprint density at radius 2 is 2.31 bits per heavy atom. The molecule has 1 aromatic carbocycles. The number of hydrogen-bond donors (Lipinski definition) is 2. The standard InChI is InChI=1S/C9H11FN2O/c1-2-13-7-5-3-4-6(10)8(7)9(11)12/h3-5H,2H2,1H3,(H3,11,12). The summed E-state index contributed by atoms with van der Waals surface area (Å²) in [7, 11) is 0. The first-order valence-electron chi connectivity index (χ1n) is 3.92. The molecule has 0 aliphatic rings. The van der Waals surface area contributed by atoms with Crippen LogP contribution in [0, 0.1) is 11.2 Å². The van der Waals surface area contributed by atoms with Crippen LogP contribution in [-0.2, 0) is 0 Å². The Bertz CT molecular complexity index is 325. The predicted molar refractivity (Wildman–Crippen MR) is 48.6 cm³/mol. The molecule has 0 bridgehead atoms. The van der Waals surface area contributed by atoms with Crippen molar-refractivity contribution in [2.24, 2.45) is 5.73 Å². The zero-order chi connectivity index (χ0) is 9.84. The highest BCUT2D eigenvalue weighted by Crippen LogP contribution is 2.20. The molecule has 1 aromatic rings. The van der Waals surface area contributed by atoms with Crippen molar-refractivity contribution in [2.45, 2.75) is 6.92 Å². The van der Waals surface area contributed by atoms with E-state index >= 15 is 0 Å². The molecule has 0 saturated carbocycles. The summed E-state index contributed by atoms with van der Waals surface area (Å²) in [6.45, 7) is 2.21. The van der Waals surface area contributed by atoms with Gasteiger partial charge in [-0.05, 0) is 19.1 Å². The number of hydrogen-bond acceptors (Lipinski definition) is 2. The van der Waals surface area contributed by atoms with Gasteiger partial charge in [-0.2, -0.15) is 0 Å². The molecule has 13 heavy (non-hydrogen) atoms. The van der Waals surface area contributed by atoms with E-state index in [0.29, 0.717) is 12.4 Å². The Balaban J connectivity index is 3.17. The van der Waals surface area contributed by atoms with Crippen molar-refractivity contribution in [2.75, 3.05) is 6.61 Å². The number of nitrogen functional groups attached to an aromatic ring is 1. The Labute approximate surface area is 75.8 Å². The second kappa shape index (κ2) is 3.89. The van der Waals surface area contributed by atoms with E-state index < -0.39 is 5.82 Å². The van der Waals surface area contributed by atoms with Gasteiger partial charge >= 0.3 is 0 Å². The molecule has 0 amide bonds. The minimum Gasteiger partial charge on any atom is -0.493 e. The number of nitrogens with one attached hydrogen (secondary N) is 1. The summed E-state index contributed by atoms with van der Waals surface area (Å²) in [5, 5.41) is 7.15. The van der Waals surface area contributed by atoms with Gasteiger partial charge < -0.3 is 10.5 Å². The third-order valence-electron chi connectivity index (χ3n) is 1.54. The molecule has 0 fully saturated rings. The Morgan fingerprint density at radius 3 is 2.85 bits per heavy atom. The Kier molecular flexibility index (Phi) is 2.84. The van der Waals surface area contributed by atoms with Crippen molar-refractivity contribution in [1.29, 1.82) is 5.41 Å². The quantitative estimate of drug-likeness (QED) is 0.549. The lowest BCUT2D eigenvalue weighted by atomic mass is 10.1. The van der Waals surface area contributed by atoms with Gasteiger partial charge in [0, 0.05) is 0 Å². The minimum absolute atomic E-state index is 0.0318. The minimum atomic E-state index is -0.529. The topological polar surface area (TPSA) is 59.1 Å². The molecule has 3 nitrogen and oxygen atoms in total. The summed E-state index contributed by atoms with van der Waals surface area (Å²) in [6, 6.07) is 4.36. The largest absolute Gasteiger partial charge is 0.493 e. The zero-order valence-corrected chi connectivity index (χ0v) is 7.30. The highest BCUT2D eigenvalue weighted by atomic mass is 19.1. The highest BCUT2D eigenvalue weighted by Gasteiger charge is 2.11. The zero-order valence-electron chi connectivity index (χ0n) is 7.30. The number of rotatable bonds is 3. The molecule has 70 valence electrons. The van der Waals surface area contributed by atoms with Crippen LogP contribution < -0.4 is 10.5 Å². The van der Waals surface area contributed by atoms with Gasteiger partial charge in [0.2, 0.25) is 0 Å². The van der Waals surface area contributed by atoms with E-state index in [4.69, 9.17) is 15.9 Å². The molecule has 0 heterocycles. The van der Waals surface area contributed by atoms with E-state index in [1.165, 1.54) is 12.1 Å². The van der Waals surface area contributed by atoms with Gasteiger partial charge in [0.1, 0.15) is 17.4 Å². The maximum absolute atomic E-state index is 13.1. The molecule has 0 aliphatic heterocycles. The van der Waals surface area contributed by atoms with Crippen molar-refractivity contribution in [3.05, 3.63) is 29.6 Å². The van der Waals surface area contributed by atoms with Gasteiger partial charge in [-0.25, -0.2) is 4.39 Å². The number of ether oxygens (including phenoxy) is 1. The van der Waals surface area contributed by atoms with Gasteiger partial charge in [-0.15, -0.1) is 0 Å². The van der Waals surface area contributed by atoms with Crippen molar-refractivity contribution >= 4 is 5.84 Å². The van der Waals surface area contributed by atoms with Gasteiger partial charge in [0.25, 0.3) is 0 Å². The molecule has 1 rings (SSSR count). The summed E-state index contributed by atoms with van der Waals surface area (Å²) in [4.78, 5) is 0. The second-order valence-electron chi connectivity index (χ2n) is 2.46. The summed E-state index contributed by atoms with van der Waals surface area (Å²) in [5.41, 5.74) is 5.24. The van der Waals surface area contributed by atoms with Crippen molar-refractivity contribution in [3.8, 4) is 5.75 Å². The van der Waals surface area contributed by atoms with Crippen LogP contribution in [0.25, 0.3) is 0 Å². The number of halogens is 1. The molecule has 0 atom stereocenters. The molecule has 0 spiro atoms. The first kappa shape index (κ1) is 9.51. The number of benzene rings is 1. The van der Waals surface area contributed by atoms with Crippen LogP contribution in [-0.4, -0.2) is 12.4 Å². The molecule has 4 heteroatoms. The smallest absolute Gasteiger partial charge is 0.137 e. The molecular weight excluding hydrogens is 171 g/mol. The Hall–Kier alpha value is -1.58. The van der Waals surface area contributed by atoms with Gasteiger partial charge in [-0.1, -0.05) is 6.07 Å². The maximum atomic E-state index is 13.1. The maximum Gasteiger partial charge on any atom is 0.137 e.